The average molecular weight is 404 g/mol. The molecule has 3 N–H and O–H groups in total. The van der Waals surface area contributed by atoms with Crippen LogP contribution in [0.1, 0.15) is 28.8 Å². The van der Waals surface area contributed by atoms with Crippen LogP contribution in [0.5, 0.6) is 0 Å². The fourth-order valence-electron chi connectivity index (χ4n) is 3.71. The van der Waals surface area contributed by atoms with Gasteiger partial charge in [-0.1, -0.05) is 23.8 Å². The number of carbonyl (C=O) groups is 3. The highest BCUT2D eigenvalue weighted by atomic mass is 16.2. The summed E-state index contributed by atoms with van der Waals surface area (Å²) in [6.07, 6.45) is 2.41. The first-order chi connectivity index (χ1) is 14.5. The third-order valence-electron chi connectivity index (χ3n) is 5.31. The van der Waals surface area contributed by atoms with E-state index in [1.807, 2.05) is 6.20 Å². The fraction of sp³-hybridized carbons (Fsp3) is 0.261. The van der Waals surface area contributed by atoms with Crippen LogP contribution in [-0.2, 0) is 16.1 Å². The first kappa shape index (κ1) is 19.7. The van der Waals surface area contributed by atoms with Gasteiger partial charge in [0.2, 0.25) is 11.8 Å². The van der Waals surface area contributed by atoms with Gasteiger partial charge in [-0.15, -0.1) is 0 Å². The lowest BCUT2D eigenvalue weighted by molar-refractivity contribution is -0.121. The predicted molar refractivity (Wildman–Crippen MR) is 115 cm³/mol. The highest BCUT2D eigenvalue weighted by Crippen LogP contribution is 2.19. The van der Waals surface area contributed by atoms with E-state index in [1.165, 1.54) is 10.9 Å². The molecule has 0 unspecified atom stereocenters. The maximum absolute atomic E-state index is 12.4. The van der Waals surface area contributed by atoms with E-state index >= 15 is 0 Å². The van der Waals surface area contributed by atoms with Gasteiger partial charge in [0, 0.05) is 31.2 Å². The van der Waals surface area contributed by atoms with Crippen molar-refractivity contribution in [2.45, 2.75) is 32.4 Å². The molecule has 0 spiro atoms. The number of benzene rings is 2. The van der Waals surface area contributed by atoms with Crippen LogP contribution >= 0.6 is 0 Å². The van der Waals surface area contributed by atoms with E-state index in [1.54, 1.807) is 24.3 Å². The van der Waals surface area contributed by atoms with E-state index < -0.39 is 6.04 Å². The molecular weight excluding hydrogens is 380 g/mol. The number of hydrogen-bond donors (Lipinski definition) is 3. The molecule has 0 saturated carbocycles. The van der Waals surface area contributed by atoms with Crippen molar-refractivity contribution < 1.29 is 14.4 Å². The second-order valence-corrected chi connectivity index (χ2v) is 7.52. The van der Waals surface area contributed by atoms with E-state index in [0.717, 1.165) is 5.52 Å². The molecule has 3 amide bonds. The smallest absolute Gasteiger partial charge is 0.254 e. The van der Waals surface area contributed by atoms with Crippen LogP contribution in [0.15, 0.2) is 54.7 Å². The van der Waals surface area contributed by atoms with Gasteiger partial charge in [0.15, 0.2) is 0 Å². The van der Waals surface area contributed by atoms with Gasteiger partial charge in [0.25, 0.3) is 5.91 Å². The minimum atomic E-state index is -0.743. The number of fused-ring (bicyclic) bond motifs is 2. The Hall–Kier alpha value is -3.61. The van der Waals surface area contributed by atoms with Crippen LogP contribution in [0.25, 0.3) is 10.9 Å². The molecule has 1 aliphatic rings. The lowest BCUT2D eigenvalue weighted by Gasteiger charge is -2.14. The highest BCUT2D eigenvalue weighted by Gasteiger charge is 2.27. The Labute approximate surface area is 174 Å². The number of anilines is 1. The van der Waals surface area contributed by atoms with Gasteiger partial charge >= 0.3 is 0 Å². The molecule has 1 aromatic heterocycles. The molecule has 3 aromatic rings. The summed E-state index contributed by atoms with van der Waals surface area (Å²) in [6.45, 7) is 3.21. The largest absolute Gasteiger partial charge is 0.354 e. The molecule has 0 radical (unpaired) electrons. The van der Waals surface area contributed by atoms with Crippen LogP contribution in [0.2, 0.25) is 0 Å². The molecule has 1 atom stereocenters. The van der Waals surface area contributed by atoms with Crippen molar-refractivity contribution in [3.8, 4) is 0 Å². The van der Waals surface area contributed by atoms with Crippen LogP contribution in [0.4, 0.5) is 5.69 Å². The highest BCUT2D eigenvalue weighted by molar-refractivity contribution is 6.09. The topological polar surface area (TPSA) is 92.2 Å². The third-order valence-corrected chi connectivity index (χ3v) is 5.31. The summed E-state index contributed by atoms with van der Waals surface area (Å²) >= 11 is 0. The summed E-state index contributed by atoms with van der Waals surface area (Å²) in [6, 6.07) is 14.5. The van der Waals surface area contributed by atoms with Gasteiger partial charge in [-0.3, -0.25) is 14.4 Å². The monoisotopic (exact) mass is 404 g/mol. The van der Waals surface area contributed by atoms with E-state index in [2.05, 4.69) is 51.7 Å². The number of aromatic nitrogens is 1. The maximum Gasteiger partial charge on any atom is 0.254 e. The molecule has 154 valence electrons. The minimum Gasteiger partial charge on any atom is -0.354 e. The van der Waals surface area contributed by atoms with Gasteiger partial charge in [0.05, 0.1) is 11.3 Å². The number of para-hydroxylation sites is 1. The zero-order chi connectivity index (χ0) is 21.1. The molecule has 2 aromatic carbocycles. The number of carbonyl (C=O) groups excluding carboxylic acids is 3. The number of nitrogens with zero attached hydrogens (tertiary/aromatic N) is 1. The Morgan fingerprint density at radius 1 is 1.13 bits per heavy atom. The Morgan fingerprint density at radius 2 is 1.97 bits per heavy atom. The number of rotatable bonds is 6. The Morgan fingerprint density at radius 3 is 2.83 bits per heavy atom. The Bertz CT molecular complexity index is 1120. The van der Waals surface area contributed by atoms with Gasteiger partial charge in [0.1, 0.15) is 6.04 Å². The van der Waals surface area contributed by atoms with E-state index in [-0.39, 0.29) is 30.6 Å². The molecule has 0 fully saturated rings. The summed E-state index contributed by atoms with van der Waals surface area (Å²) in [4.78, 5) is 37.0. The van der Waals surface area contributed by atoms with E-state index in [0.29, 0.717) is 24.3 Å². The van der Waals surface area contributed by atoms with Gasteiger partial charge in [-0.2, -0.15) is 0 Å². The molecule has 7 nitrogen and oxygen atoms in total. The number of nitrogens with one attached hydrogen (secondary N) is 3. The van der Waals surface area contributed by atoms with E-state index in [4.69, 9.17) is 0 Å². The molecule has 0 saturated heterocycles. The van der Waals surface area contributed by atoms with Crippen LogP contribution in [0, 0.1) is 6.92 Å². The molecule has 0 aliphatic carbocycles. The summed E-state index contributed by atoms with van der Waals surface area (Å²) in [5.74, 6) is -0.773. The summed E-state index contributed by atoms with van der Waals surface area (Å²) in [7, 11) is 0. The van der Waals surface area contributed by atoms with Crippen LogP contribution in [0.3, 0.4) is 0 Å². The second-order valence-electron chi connectivity index (χ2n) is 7.52. The van der Waals surface area contributed by atoms with Crippen molar-refractivity contribution in [1.29, 1.82) is 0 Å². The quantitative estimate of drug-likeness (QED) is 0.590. The SMILES string of the molecule is Cc1ccc2c(ccn2CCNC(=O)CC[C@@H]2NC(=O)c3ccccc3NC2=O)c1. The zero-order valence-corrected chi connectivity index (χ0v) is 16.8. The molecule has 0 bridgehead atoms. The first-order valence-electron chi connectivity index (χ1n) is 10.0. The van der Waals surface area contributed by atoms with Crippen LogP contribution < -0.4 is 16.0 Å². The summed E-state index contributed by atoms with van der Waals surface area (Å²) in [5, 5.41) is 9.53. The van der Waals surface area contributed by atoms with E-state index in [9.17, 15) is 14.4 Å². The van der Waals surface area contributed by atoms with Crippen molar-refractivity contribution >= 4 is 34.3 Å². The summed E-state index contributed by atoms with van der Waals surface area (Å²) in [5.41, 5.74) is 3.26. The molecule has 1 aliphatic heterocycles. The Balaban J connectivity index is 1.27. The summed E-state index contributed by atoms with van der Waals surface area (Å²) < 4.78 is 2.10. The number of hydrogen-bond acceptors (Lipinski definition) is 3. The van der Waals surface area contributed by atoms with Crippen LogP contribution in [-0.4, -0.2) is 34.9 Å². The number of aryl methyl sites for hydroxylation is 1. The van der Waals surface area contributed by atoms with Gasteiger partial charge in [-0.05, 0) is 49.1 Å². The lowest BCUT2D eigenvalue weighted by Crippen LogP contribution is -2.42. The molecule has 2 heterocycles. The zero-order valence-electron chi connectivity index (χ0n) is 16.8. The van der Waals surface area contributed by atoms with Crippen molar-refractivity contribution in [2.24, 2.45) is 0 Å². The average Bonchev–Trinajstić information content (AvgIpc) is 3.07. The van der Waals surface area contributed by atoms with Crippen molar-refractivity contribution in [2.75, 3.05) is 11.9 Å². The van der Waals surface area contributed by atoms with Crippen molar-refractivity contribution in [3.63, 3.8) is 0 Å². The predicted octanol–water partition coefficient (Wildman–Crippen LogP) is 2.60. The van der Waals surface area contributed by atoms with Gasteiger partial charge < -0.3 is 20.5 Å². The molecule has 30 heavy (non-hydrogen) atoms. The molecular formula is C23H24N4O3. The van der Waals surface area contributed by atoms with Gasteiger partial charge in [-0.25, -0.2) is 0 Å². The van der Waals surface area contributed by atoms with Crippen molar-refractivity contribution in [1.82, 2.24) is 15.2 Å². The normalized spacial score (nSPS) is 15.8. The molecule has 4 rings (SSSR count). The minimum absolute atomic E-state index is 0.147. The lowest BCUT2D eigenvalue weighted by atomic mass is 10.1. The Kier molecular flexibility index (Phi) is 5.52. The third kappa shape index (κ3) is 4.20. The molecule has 7 heteroatoms. The first-order valence-corrected chi connectivity index (χ1v) is 10.0. The second kappa shape index (κ2) is 8.41. The van der Waals surface area contributed by atoms with Crippen molar-refractivity contribution in [3.05, 3.63) is 65.9 Å². The number of amides is 3. The maximum atomic E-state index is 12.4. The fourth-order valence-corrected chi connectivity index (χ4v) is 3.71. The standard InChI is InChI=1S/C23H24N4O3/c1-15-6-8-20-16(14-15)10-12-27(20)13-11-24-21(28)9-7-19-23(30)25-18-5-3-2-4-17(18)22(29)26-19/h2-6,8,10,12,14,19H,7,9,11,13H2,1H3,(H,24,28)(H,25,30)(H,26,29)/t19-/m0/s1.